The Morgan fingerprint density at radius 3 is 0.863 bits per heavy atom. The number of aromatic nitrogens is 2. The van der Waals surface area contributed by atoms with Gasteiger partial charge in [0.15, 0.2) is 0 Å². The average molecular weight is 658 g/mol. The van der Waals surface area contributed by atoms with Crippen molar-refractivity contribution < 1.29 is 0 Å². The fraction of sp³-hybridized carbons (Fsp3) is 0. The molecule has 0 radical (unpaired) electrons. The van der Waals surface area contributed by atoms with E-state index in [2.05, 4.69) is 172 Å². The van der Waals surface area contributed by atoms with Gasteiger partial charge in [-0.05, 0) is 78.4 Å². The fourth-order valence-corrected chi connectivity index (χ4v) is 6.41. The Balaban J connectivity index is 1.38. The van der Waals surface area contributed by atoms with Gasteiger partial charge in [-0.25, -0.2) is 9.97 Å². The summed E-state index contributed by atoms with van der Waals surface area (Å²) in [4.78, 5) is 16.9. The minimum absolute atomic E-state index is 0.553. The van der Waals surface area contributed by atoms with Gasteiger partial charge in [-0.15, -0.1) is 0 Å². The van der Waals surface area contributed by atoms with Crippen LogP contribution in [0, 0.1) is 0 Å². The zero-order valence-electron chi connectivity index (χ0n) is 27.9. The fourth-order valence-electron chi connectivity index (χ4n) is 6.41. The molecule has 0 atom stereocenters. The summed E-state index contributed by atoms with van der Waals surface area (Å²) in [5.41, 5.74) is 9.98. The summed E-state index contributed by atoms with van der Waals surface area (Å²) in [5.74, 6) is 0.553. The van der Waals surface area contributed by atoms with Gasteiger partial charge >= 0.3 is 0 Å². The van der Waals surface area contributed by atoms with Crippen LogP contribution in [-0.2, 0) is 0 Å². The summed E-state index contributed by atoms with van der Waals surface area (Å²) in [5, 5.41) is 0. The molecule has 1 heterocycles. The van der Waals surface area contributed by atoms with Gasteiger partial charge in [0, 0.05) is 40.7 Å². The van der Waals surface area contributed by atoms with E-state index in [0.29, 0.717) is 5.95 Å². The molecule has 0 saturated carbocycles. The number of rotatable bonds is 10. The van der Waals surface area contributed by atoms with Gasteiger partial charge in [-0.2, -0.15) is 0 Å². The predicted molar refractivity (Wildman–Crippen MR) is 212 cm³/mol. The summed E-state index contributed by atoms with van der Waals surface area (Å²) in [6, 6.07) is 69.1. The molecular weight excluding hydrogens is 623 g/mol. The number of benzene rings is 7. The first-order chi connectivity index (χ1) is 25.3. The number of hydrogen-bond acceptors (Lipinski definition) is 5. The van der Waals surface area contributed by atoms with Crippen LogP contribution in [-0.4, -0.2) is 9.97 Å². The molecule has 1 aromatic heterocycles. The van der Waals surface area contributed by atoms with Gasteiger partial charge in [0.05, 0.1) is 22.7 Å². The van der Waals surface area contributed by atoms with Crippen LogP contribution >= 0.6 is 0 Å². The quantitative estimate of drug-likeness (QED) is 0.146. The predicted octanol–water partition coefficient (Wildman–Crippen LogP) is 12.6. The smallest absolute Gasteiger partial charge is 0.234 e. The average Bonchev–Trinajstić information content (AvgIpc) is 3.22. The Morgan fingerprint density at radius 1 is 0.255 bits per heavy atom. The van der Waals surface area contributed by atoms with Gasteiger partial charge in [-0.1, -0.05) is 127 Å². The van der Waals surface area contributed by atoms with Crippen LogP contribution in [0.3, 0.4) is 0 Å². The van der Waals surface area contributed by atoms with E-state index in [0.717, 1.165) is 56.6 Å². The minimum atomic E-state index is 0.553. The van der Waals surface area contributed by atoms with Crippen molar-refractivity contribution in [2.45, 2.75) is 0 Å². The van der Waals surface area contributed by atoms with Crippen molar-refractivity contribution in [3.8, 4) is 11.1 Å². The van der Waals surface area contributed by atoms with E-state index in [1.807, 2.05) is 54.9 Å². The van der Waals surface area contributed by atoms with E-state index in [9.17, 15) is 0 Å². The van der Waals surface area contributed by atoms with Gasteiger partial charge < -0.3 is 9.80 Å². The third-order valence-corrected chi connectivity index (χ3v) is 8.73. The SMILES string of the molecule is c1ccc(-c2cnc(N(c3ccccc3N(c3ccccc3)c3ccccc3)c3ccccc3N(c3ccccc3)c3ccccc3)nc2)cc1. The largest absolute Gasteiger partial charge is 0.308 e. The Labute approximate surface area is 299 Å². The highest BCUT2D eigenvalue weighted by atomic mass is 15.3. The second-order valence-corrected chi connectivity index (χ2v) is 12.0. The minimum Gasteiger partial charge on any atom is -0.308 e. The highest BCUT2D eigenvalue weighted by Gasteiger charge is 2.27. The molecule has 5 nitrogen and oxygen atoms in total. The first-order valence-corrected chi connectivity index (χ1v) is 17.0. The van der Waals surface area contributed by atoms with Crippen LogP contribution in [0.2, 0.25) is 0 Å². The van der Waals surface area contributed by atoms with E-state index in [1.165, 1.54) is 0 Å². The summed E-state index contributed by atoms with van der Waals surface area (Å²) in [6.45, 7) is 0. The van der Waals surface area contributed by atoms with Crippen molar-refractivity contribution in [2.75, 3.05) is 14.7 Å². The second kappa shape index (κ2) is 14.6. The number of nitrogens with zero attached hydrogens (tertiary/aromatic N) is 5. The van der Waals surface area contributed by atoms with E-state index >= 15 is 0 Å². The van der Waals surface area contributed by atoms with Gasteiger partial charge in [0.2, 0.25) is 5.95 Å². The number of hydrogen-bond donors (Lipinski definition) is 0. The van der Waals surface area contributed by atoms with Crippen molar-refractivity contribution in [3.63, 3.8) is 0 Å². The highest BCUT2D eigenvalue weighted by molar-refractivity contribution is 5.95. The van der Waals surface area contributed by atoms with Gasteiger partial charge in [0.25, 0.3) is 0 Å². The first kappa shape index (κ1) is 31.3. The molecule has 51 heavy (non-hydrogen) atoms. The maximum absolute atomic E-state index is 5.08. The standard InChI is InChI=1S/C46H35N5/c1-6-20-36(21-7-1)37-34-47-46(48-35-37)51(44-32-18-16-30-42(44)49(38-22-8-2-9-23-38)39-24-10-3-11-25-39)45-33-19-17-31-43(45)50(40-26-12-4-13-27-40)41-28-14-5-15-29-41/h1-35H. The van der Waals surface area contributed by atoms with Crippen molar-refractivity contribution >= 4 is 51.4 Å². The molecule has 0 bridgehead atoms. The molecule has 8 rings (SSSR count). The summed E-state index contributed by atoms with van der Waals surface area (Å²) < 4.78 is 0. The monoisotopic (exact) mass is 657 g/mol. The zero-order valence-corrected chi connectivity index (χ0v) is 27.9. The van der Waals surface area contributed by atoms with Crippen molar-refractivity contribution in [3.05, 3.63) is 213 Å². The molecule has 0 aliphatic rings. The van der Waals surface area contributed by atoms with Crippen molar-refractivity contribution in [1.82, 2.24) is 9.97 Å². The molecule has 0 amide bonds. The molecule has 0 N–H and O–H groups in total. The van der Waals surface area contributed by atoms with Crippen LogP contribution in [0.25, 0.3) is 11.1 Å². The number of anilines is 9. The van der Waals surface area contributed by atoms with Crippen LogP contribution in [0.1, 0.15) is 0 Å². The molecule has 0 aliphatic heterocycles. The third kappa shape index (κ3) is 6.56. The molecule has 0 aliphatic carbocycles. The van der Waals surface area contributed by atoms with Gasteiger partial charge in [-0.3, -0.25) is 4.90 Å². The Morgan fingerprint density at radius 2 is 0.529 bits per heavy atom. The lowest BCUT2D eigenvalue weighted by atomic mass is 10.1. The molecule has 7 aromatic carbocycles. The second-order valence-electron chi connectivity index (χ2n) is 12.0. The summed E-state index contributed by atoms with van der Waals surface area (Å²) >= 11 is 0. The molecule has 0 unspecified atom stereocenters. The zero-order chi connectivity index (χ0) is 34.2. The molecule has 0 saturated heterocycles. The lowest BCUT2D eigenvalue weighted by molar-refractivity contribution is 1.07. The first-order valence-electron chi connectivity index (χ1n) is 17.0. The Kier molecular flexibility index (Phi) is 8.99. The van der Waals surface area contributed by atoms with Crippen LogP contribution < -0.4 is 14.7 Å². The Hall–Kier alpha value is -6.98. The van der Waals surface area contributed by atoms with Crippen molar-refractivity contribution in [1.29, 1.82) is 0 Å². The van der Waals surface area contributed by atoms with E-state index in [1.54, 1.807) is 0 Å². The van der Waals surface area contributed by atoms with E-state index in [4.69, 9.17) is 9.97 Å². The lowest BCUT2D eigenvalue weighted by Crippen LogP contribution is -2.21. The molecule has 0 spiro atoms. The summed E-state index contributed by atoms with van der Waals surface area (Å²) in [7, 11) is 0. The highest BCUT2D eigenvalue weighted by Crippen LogP contribution is 2.49. The molecule has 5 heteroatoms. The molecule has 0 fully saturated rings. The summed E-state index contributed by atoms with van der Waals surface area (Å²) in [6.07, 6.45) is 3.82. The molecular formula is C46H35N5. The number of para-hydroxylation sites is 8. The maximum Gasteiger partial charge on any atom is 0.234 e. The topological polar surface area (TPSA) is 35.5 Å². The lowest BCUT2D eigenvalue weighted by Gasteiger charge is -2.35. The normalized spacial score (nSPS) is 10.7. The van der Waals surface area contributed by atoms with Crippen LogP contribution in [0.15, 0.2) is 213 Å². The van der Waals surface area contributed by atoms with Crippen LogP contribution in [0.4, 0.5) is 51.4 Å². The van der Waals surface area contributed by atoms with Crippen LogP contribution in [0.5, 0.6) is 0 Å². The maximum atomic E-state index is 5.08. The van der Waals surface area contributed by atoms with E-state index in [-0.39, 0.29) is 0 Å². The third-order valence-electron chi connectivity index (χ3n) is 8.73. The molecule has 8 aromatic rings. The Bertz CT molecular complexity index is 2090. The van der Waals surface area contributed by atoms with Crippen molar-refractivity contribution in [2.24, 2.45) is 0 Å². The van der Waals surface area contributed by atoms with Gasteiger partial charge in [0.1, 0.15) is 0 Å². The molecule has 244 valence electrons. The van der Waals surface area contributed by atoms with E-state index < -0.39 is 0 Å².